The summed E-state index contributed by atoms with van der Waals surface area (Å²) in [5.41, 5.74) is 6.87. The Morgan fingerprint density at radius 2 is 1.68 bits per heavy atom. The van der Waals surface area contributed by atoms with Crippen molar-refractivity contribution in [2.24, 2.45) is 0 Å². The van der Waals surface area contributed by atoms with Crippen LogP contribution in [0.15, 0.2) is 18.2 Å². The monoisotopic (exact) mass is 412 g/mol. The number of amides is 2. The van der Waals surface area contributed by atoms with Crippen LogP contribution in [0.5, 0.6) is 0 Å². The molecule has 0 atom stereocenters. The number of carbonyl (C=O) groups excluding carboxylic acids is 2. The van der Waals surface area contributed by atoms with Gasteiger partial charge < -0.3 is 0 Å². The maximum atomic E-state index is 12.2. The number of hydrazine groups is 1. The first kappa shape index (κ1) is 19.0. The van der Waals surface area contributed by atoms with E-state index in [1.807, 2.05) is 12.1 Å². The molecule has 0 saturated carbocycles. The van der Waals surface area contributed by atoms with Crippen LogP contribution in [0.4, 0.5) is 0 Å². The second-order valence-corrected chi connectivity index (χ2v) is 22.0. The van der Waals surface area contributed by atoms with Crippen molar-refractivity contribution in [2.75, 3.05) is 0 Å². The van der Waals surface area contributed by atoms with Crippen LogP contribution in [0.2, 0.25) is 14.8 Å². The summed E-state index contributed by atoms with van der Waals surface area (Å²) in [5.74, 6) is -0.464. The third-order valence-electron chi connectivity index (χ3n) is 3.53. The van der Waals surface area contributed by atoms with Gasteiger partial charge in [0.2, 0.25) is 0 Å². The van der Waals surface area contributed by atoms with Crippen molar-refractivity contribution < 1.29 is 9.59 Å². The number of carbonyl (C=O) groups is 2. The first-order valence-corrected chi connectivity index (χ1v) is 17.7. The van der Waals surface area contributed by atoms with Crippen molar-refractivity contribution in [3.05, 3.63) is 29.3 Å². The normalized spacial score (nSPS) is 12.0. The second kappa shape index (κ2) is 7.02. The molecule has 0 heterocycles. The van der Waals surface area contributed by atoms with Crippen LogP contribution in [0.1, 0.15) is 50.0 Å². The van der Waals surface area contributed by atoms with Crippen molar-refractivity contribution in [3.63, 3.8) is 0 Å². The summed E-state index contributed by atoms with van der Waals surface area (Å²) >= 11 is -2.36. The number of nitrogens with one attached hydrogen (secondary N) is 2. The van der Waals surface area contributed by atoms with Crippen LogP contribution < -0.4 is 14.4 Å². The molecule has 22 heavy (non-hydrogen) atoms. The first-order chi connectivity index (χ1) is 9.96. The van der Waals surface area contributed by atoms with E-state index >= 15 is 0 Å². The Labute approximate surface area is 137 Å². The minimum atomic E-state index is -2.36. The fraction of sp³-hybridized carbons (Fsp3) is 0.529. The van der Waals surface area contributed by atoms with E-state index in [0.29, 0.717) is 12.0 Å². The van der Waals surface area contributed by atoms with Crippen LogP contribution in [-0.2, 0) is 10.2 Å². The molecule has 0 aliphatic carbocycles. The van der Waals surface area contributed by atoms with E-state index in [9.17, 15) is 9.59 Å². The van der Waals surface area contributed by atoms with Gasteiger partial charge in [0.1, 0.15) is 0 Å². The molecule has 0 fully saturated rings. The summed E-state index contributed by atoms with van der Waals surface area (Å²) in [5, 5.41) is 0. The summed E-state index contributed by atoms with van der Waals surface area (Å²) in [6.07, 6.45) is 0.340. The Morgan fingerprint density at radius 3 is 2.14 bits per heavy atom. The van der Waals surface area contributed by atoms with E-state index < -0.39 is 18.4 Å². The summed E-state index contributed by atoms with van der Waals surface area (Å²) < 4.78 is 1.36. The van der Waals surface area contributed by atoms with Crippen molar-refractivity contribution >= 4 is 33.8 Å². The van der Waals surface area contributed by atoms with Gasteiger partial charge in [-0.05, 0) is 0 Å². The van der Waals surface area contributed by atoms with Crippen LogP contribution in [-0.4, -0.2) is 30.2 Å². The maximum absolute atomic E-state index is 12.2. The predicted molar refractivity (Wildman–Crippen MR) is 94.0 cm³/mol. The van der Waals surface area contributed by atoms with Crippen LogP contribution >= 0.6 is 0 Å². The fourth-order valence-electron chi connectivity index (χ4n) is 2.25. The Hall–Kier alpha value is -1.04. The summed E-state index contributed by atoms with van der Waals surface area (Å²) in [6.45, 7) is 8.34. The molecule has 0 saturated heterocycles. The topological polar surface area (TPSA) is 58.2 Å². The summed E-state index contributed by atoms with van der Waals surface area (Å²) in [4.78, 5) is 30.5. The van der Waals surface area contributed by atoms with Gasteiger partial charge in [0, 0.05) is 0 Å². The first-order valence-electron chi connectivity index (χ1n) is 7.71. The van der Waals surface area contributed by atoms with Gasteiger partial charge in [0.25, 0.3) is 0 Å². The molecule has 0 aliphatic rings. The van der Waals surface area contributed by atoms with Crippen LogP contribution in [0, 0.1) is 0 Å². The Balaban J connectivity index is 3.15. The minimum absolute atomic E-state index is 0.0605. The van der Waals surface area contributed by atoms with Crippen LogP contribution in [0.3, 0.4) is 0 Å². The zero-order chi connectivity index (χ0) is 17.1. The summed E-state index contributed by atoms with van der Waals surface area (Å²) in [7, 11) is 0. The number of benzene rings is 1. The van der Waals surface area contributed by atoms with Gasteiger partial charge in [-0.25, -0.2) is 0 Å². The quantitative estimate of drug-likeness (QED) is 0.594. The Morgan fingerprint density at radius 1 is 1.09 bits per heavy atom. The molecule has 0 aliphatic heterocycles. The molecular weight excluding hydrogens is 383 g/mol. The molecule has 0 bridgehead atoms. The van der Waals surface area contributed by atoms with Gasteiger partial charge in [0.05, 0.1) is 0 Å². The van der Waals surface area contributed by atoms with Gasteiger partial charge in [-0.1, -0.05) is 0 Å². The molecule has 1 aromatic carbocycles. The van der Waals surface area contributed by atoms with Crippen molar-refractivity contribution in [1.29, 1.82) is 0 Å². The average Bonchev–Trinajstić information content (AvgIpc) is 2.41. The van der Waals surface area contributed by atoms with Gasteiger partial charge in [0.15, 0.2) is 0 Å². The third-order valence-corrected chi connectivity index (χ3v) is 9.33. The molecule has 0 aromatic heterocycles. The zero-order valence-corrected chi connectivity index (χ0v) is 17.6. The molecule has 0 spiro atoms. The molecule has 2 N–H and O–H groups in total. The van der Waals surface area contributed by atoms with E-state index in [-0.39, 0.29) is 17.2 Å². The zero-order valence-electron chi connectivity index (χ0n) is 14.8. The van der Waals surface area contributed by atoms with Crippen molar-refractivity contribution in [1.82, 2.24) is 10.9 Å². The van der Waals surface area contributed by atoms with Gasteiger partial charge in [-0.15, -0.1) is 0 Å². The molecule has 5 heteroatoms. The second-order valence-electron chi connectivity index (χ2n) is 7.62. The van der Waals surface area contributed by atoms with Gasteiger partial charge in [-0.3, -0.25) is 0 Å². The number of hydrogen-bond donors (Lipinski definition) is 2. The van der Waals surface area contributed by atoms with E-state index in [0.717, 1.165) is 0 Å². The molecule has 0 unspecified atom stereocenters. The van der Waals surface area contributed by atoms with Crippen LogP contribution in [0.25, 0.3) is 0 Å². The average molecular weight is 411 g/mol. The predicted octanol–water partition coefficient (Wildman–Crippen LogP) is 2.70. The van der Waals surface area contributed by atoms with E-state index in [2.05, 4.69) is 52.5 Å². The number of rotatable bonds is 3. The molecular formula is C17H28N2O2Sn. The van der Waals surface area contributed by atoms with Gasteiger partial charge in [-0.2, -0.15) is 0 Å². The van der Waals surface area contributed by atoms with E-state index in [1.165, 1.54) is 9.14 Å². The van der Waals surface area contributed by atoms with E-state index in [1.54, 1.807) is 6.92 Å². The van der Waals surface area contributed by atoms with Crippen molar-refractivity contribution in [2.45, 2.75) is 54.3 Å². The Kier molecular flexibility index (Phi) is 6.07. The number of hydrogen-bond acceptors (Lipinski definition) is 2. The standard InChI is InChI=1S/C14H19N2O2.3CH3.Sn/c1-5-12(17)15-16-13(18)10-6-8-11(9-7-10)14(2,3)4;;;;/h6-8H,5H2,1-4H3,(H,15,17)(H,16,18);3*1H3;. The fourth-order valence-corrected chi connectivity index (χ4v) is 7.54. The SMILES string of the molecule is CCC(=O)NNC(=O)c1ccc(C(C)(C)C)[c]([Sn]([CH3])([CH3])[CH3])c1. The molecule has 4 nitrogen and oxygen atoms in total. The van der Waals surface area contributed by atoms with E-state index in [4.69, 9.17) is 0 Å². The summed E-state index contributed by atoms with van der Waals surface area (Å²) in [6, 6.07) is 5.92. The molecule has 122 valence electrons. The Bertz CT molecular complexity index is 569. The third kappa shape index (κ3) is 5.00. The molecule has 1 rings (SSSR count). The van der Waals surface area contributed by atoms with Gasteiger partial charge >= 0.3 is 138 Å². The molecule has 2 amide bonds. The molecule has 1 aromatic rings. The van der Waals surface area contributed by atoms with Crippen molar-refractivity contribution in [3.8, 4) is 0 Å². The molecule has 0 radical (unpaired) electrons.